The largest absolute Gasteiger partial charge is 0.480 e. The Labute approximate surface area is 70.3 Å². The van der Waals surface area contributed by atoms with E-state index in [-0.39, 0.29) is 12.7 Å². The van der Waals surface area contributed by atoms with Crippen LogP contribution in [0.5, 0.6) is 0 Å². The van der Waals surface area contributed by atoms with Crippen molar-refractivity contribution in [3.63, 3.8) is 0 Å². The molecule has 0 saturated carbocycles. The molecule has 0 aromatic heterocycles. The number of aliphatic carboxylic acids is 1. The SMILES string of the molecule is C[C@H](CCl)OCC(N)C(=O)O. The summed E-state index contributed by atoms with van der Waals surface area (Å²) in [6.07, 6.45) is -0.151. The highest BCUT2D eigenvalue weighted by Crippen LogP contribution is 1.94. The Bertz CT molecular complexity index is 131. The molecule has 3 N–H and O–H groups in total. The molecule has 1 unspecified atom stereocenters. The molecule has 0 amide bonds. The first-order chi connectivity index (χ1) is 5.07. The van der Waals surface area contributed by atoms with E-state index in [0.717, 1.165) is 0 Å². The van der Waals surface area contributed by atoms with Crippen molar-refractivity contribution in [1.29, 1.82) is 0 Å². The van der Waals surface area contributed by atoms with Gasteiger partial charge in [0.15, 0.2) is 0 Å². The highest BCUT2D eigenvalue weighted by Gasteiger charge is 2.12. The summed E-state index contributed by atoms with van der Waals surface area (Å²) in [6, 6.07) is -0.958. The highest BCUT2D eigenvalue weighted by atomic mass is 35.5. The van der Waals surface area contributed by atoms with Gasteiger partial charge in [0, 0.05) is 5.88 Å². The maximum Gasteiger partial charge on any atom is 0.322 e. The van der Waals surface area contributed by atoms with Crippen LogP contribution in [0.2, 0.25) is 0 Å². The third-order valence-electron chi connectivity index (χ3n) is 1.09. The zero-order valence-corrected chi connectivity index (χ0v) is 7.04. The van der Waals surface area contributed by atoms with E-state index in [1.54, 1.807) is 6.92 Å². The summed E-state index contributed by atoms with van der Waals surface area (Å²) >= 11 is 5.40. The molecule has 0 bridgehead atoms. The summed E-state index contributed by atoms with van der Waals surface area (Å²) < 4.78 is 4.98. The monoisotopic (exact) mass is 181 g/mol. The van der Waals surface area contributed by atoms with Crippen molar-refractivity contribution in [3.8, 4) is 0 Å². The summed E-state index contributed by atoms with van der Waals surface area (Å²) in [6.45, 7) is 1.75. The first-order valence-electron chi connectivity index (χ1n) is 3.24. The minimum Gasteiger partial charge on any atom is -0.480 e. The smallest absolute Gasteiger partial charge is 0.322 e. The van der Waals surface area contributed by atoms with E-state index in [0.29, 0.717) is 5.88 Å². The predicted molar refractivity (Wildman–Crippen MR) is 41.7 cm³/mol. The Morgan fingerprint density at radius 3 is 2.73 bits per heavy atom. The number of carboxylic acids is 1. The van der Waals surface area contributed by atoms with Gasteiger partial charge in [0.1, 0.15) is 6.04 Å². The van der Waals surface area contributed by atoms with Gasteiger partial charge in [-0.15, -0.1) is 11.6 Å². The second-order valence-electron chi connectivity index (χ2n) is 2.24. The van der Waals surface area contributed by atoms with Crippen LogP contribution in [-0.4, -0.2) is 35.7 Å². The molecular formula is C6H12ClNO3. The van der Waals surface area contributed by atoms with Gasteiger partial charge in [-0.25, -0.2) is 0 Å². The Balaban J connectivity index is 3.45. The van der Waals surface area contributed by atoms with Crippen molar-refractivity contribution in [3.05, 3.63) is 0 Å². The quantitative estimate of drug-likeness (QED) is 0.588. The normalized spacial score (nSPS) is 15.9. The van der Waals surface area contributed by atoms with E-state index in [2.05, 4.69) is 0 Å². The molecule has 2 atom stereocenters. The lowest BCUT2D eigenvalue weighted by atomic mass is 10.3. The number of ether oxygens (including phenoxy) is 1. The van der Waals surface area contributed by atoms with E-state index < -0.39 is 12.0 Å². The molecular weight excluding hydrogens is 170 g/mol. The lowest BCUT2D eigenvalue weighted by Crippen LogP contribution is -2.36. The van der Waals surface area contributed by atoms with Crippen LogP contribution >= 0.6 is 11.6 Å². The molecule has 0 aliphatic heterocycles. The van der Waals surface area contributed by atoms with Gasteiger partial charge in [-0.05, 0) is 6.92 Å². The summed E-state index contributed by atoms with van der Waals surface area (Å²) in [4.78, 5) is 10.2. The third kappa shape index (κ3) is 5.01. The number of halogens is 1. The Morgan fingerprint density at radius 1 is 1.82 bits per heavy atom. The second kappa shape index (κ2) is 5.35. The van der Waals surface area contributed by atoms with Crippen molar-refractivity contribution in [2.45, 2.75) is 19.1 Å². The Hall–Kier alpha value is -0.320. The molecule has 5 heteroatoms. The van der Waals surface area contributed by atoms with Crippen molar-refractivity contribution < 1.29 is 14.6 Å². The Morgan fingerprint density at radius 2 is 2.36 bits per heavy atom. The van der Waals surface area contributed by atoms with Gasteiger partial charge in [-0.1, -0.05) is 0 Å². The molecule has 0 radical (unpaired) electrons. The van der Waals surface area contributed by atoms with Gasteiger partial charge in [0.05, 0.1) is 12.7 Å². The molecule has 0 spiro atoms. The average Bonchev–Trinajstić information content (AvgIpc) is 1.99. The number of hydrogen-bond donors (Lipinski definition) is 2. The van der Waals surface area contributed by atoms with Crippen LogP contribution in [0.4, 0.5) is 0 Å². The third-order valence-corrected chi connectivity index (χ3v) is 1.53. The molecule has 4 nitrogen and oxygen atoms in total. The fourth-order valence-electron chi connectivity index (χ4n) is 0.384. The molecule has 0 aliphatic rings. The first kappa shape index (κ1) is 10.7. The number of rotatable bonds is 5. The van der Waals surface area contributed by atoms with Crippen LogP contribution in [0, 0.1) is 0 Å². The summed E-state index contributed by atoms with van der Waals surface area (Å²) in [5, 5.41) is 8.33. The topological polar surface area (TPSA) is 72.5 Å². The summed E-state index contributed by atoms with van der Waals surface area (Å²) in [7, 11) is 0. The predicted octanol–water partition coefficient (Wildman–Crippen LogP) is 0.0422. The maximum absolute atomic E-state index is 10.2. The molecule has 0 aromatic rings. The van der Waals surface area contributed by atoms with E-state index in [1.807, 2.05) is 0 Å². The number of nitrogens with two attached hydrogens (primary N) is 1. The number of hydrogen-bond acceptors (Lipinski definition) is 3. The van der Waals surface area contributed by atoms with Crippen molar-refractivity contribution in [1.82, 2.24) is 0 Å². The number of carbonyl (C=O) groups is 1. The van der Waals surface area contributed by atoms with Gasteiger partial charge in [-0.3, -0.25) is 4.79 Å². The van der Waals surface area contributed by atoms with Crippen LogP contribution < -0.4 is 5.73 Å². The Kier molecular flexibility index (Phi) is 5.19. The first-order valence-corrected chi connectivity index (χ1v) is 3.77. The van der Waals surface area contributed by atoms with Gasteiger partial charge in [0.2, 0.25) is 0 Å². The van der Waals surface area contributed by atoms with E-state index >= 15 is 0 Å². The number of alkyl halides is 1. The van der Waals surface area contributed by atoms with Gasteiger partial charge >= 0.3 is 5.97 Å². The van der Waals surface area contributed by atoms with Crippen LogP contribution in [-0.2, 0) is 9.53 Å². The van der Waals surface area contributed by atoms with Crippen LogP contribution in [0.3, 0.4) is 0 Å². The van der Waals surface area contributed by atoms with Crippen molar-refractivity contribution in [2.24, 2.45) is 5.73 Å². The maximum atomic E-state index is 10.2. The minimum atomic E-state index is -1.06. The van der Waals surface area contributed by atoms with Crippen molar-refractivity contribution in [2.75, 3.05) is 12.5 Å². The number of carboxylic acid groups (broad SMARTS) is 1. The lowest BCUT2D eigenvalue weighted by molar-refractivity contribution is -0.140. The lowest BCUT2D eigenvalue weighted by Gasteiger charge is -2.11. The van der Waals surface area contributed by atoms with Crippen molar-refractivity contribution >= 4 is 17.6 Å². The molecule has 0 heterocycles. The zero-order chi connectivity index (χ0) is 8.85. The molecule has 11 heavy (non-hydrogen) atoms. The standard InChI is InChI=1S/C6H12ClNO3/c1-4(2-7)11-3-5(8)6(9)10/h4-5H,2-3,8H2,1H3,(H,9,10)/t4-,5?/m1/s1. The van der Waals surface area contributed by atoms with Gasteiger partial charge in [-0.2, -0.15) is 0 Å². The second-order valence-corrected chi connectivity index (χ2v) is 2.55. The molecule has 0 aliphatic carbocycles. The fraction of sp³-hybridized carbons (Fsp3) is 0.833. The minimum absolute atomic E-state index is 0.00319. The van der Waals surface area contributed by atoms with Gasteiger partial charge in [0.25, 0.3) is 0 Å². The van der Waals surface area contributed by atoms with Gasteiger partial charge < -0.3 is 15.6 Å². The molecule has 0 aromatic carbocycles. The average molecular weight is 182 g/mol. The van der Waals surface area contributed by atoms with Crippen LogP contribution in [0.15, 0.2) is 0 Å². The molecule has 0 rings (SSSR count). The summed E-state index contributed by atoms with van der Waals surface area (Å²) in [5.41, 5.74) is 5.15. The van der Waals surface area contributed by atoms with Crippen LogP contribution in [0.25, 0.3) is 0 Å². The molecule has 0 fully saturated rings. The molecule has 0 saturated heterocycles. The van der Waals surface area contributed by atoms with E-state index in [9.17, 15) is 4.79 Å². The van der Waals surface area contributed by atoms with Crippen LogP contribution in [0.1, 0.15) is 6.92 Å². The van der Waals surface area contributed by atoms with E-state index in [4.69, 9.17) is 27.2 Å². The highest BCUT2D eigenvalue weighted by molar-refractivity contribution is 6.18. The molecule has 66 valence electrons. The fourth-order valence-corrected chi connectivity index (χ4v) is 0.473. The summed E-state index contributed by atoms with van der Waals surface area (Å²) in [5.74, 6) is -0.724. The van der Waals surface area contributed by atoms with E-state index in [1.165, 1.54) is 0 Å². The zero-order valence-electron chi connectivity index (χ0n) is 6.29.